The Morgan fingerprint density at radius 2 is 1.88 bits per heavy atom. The van der Waals surface area contributed by atoms with E-state index in [2.05, 4.69) is 15.0 Å². The van der Waals surface area contributed by atoms with E-state index >= 15 is 0 Å². The molecule has 0 aliphatic rings. The summed E-state index contributed by atoms with van der Waals surface area (Å²) in [6.07, 6.45) is 2.11. The summed E-state index contributed by atoms with van der Waals surface area (Å²) in [5, 5.41) is 3.08. The highest BCUT2D eigenvalue weighted by Crippen LogP contribution is 2.14. The van der Waals surface area contributed by atoms with Crippen molar-refractivity contribution in [3.63, 3.8) is 0 Å². The van der Waals surface area contributed by atoms with Gasteiger partial charge in [-0.05, 0) is 49.7 Å². The molecule has 128 valence electrons. The number of hydrogen-bond donors (Lipinski definition) is 2. The highest BCUT2D eigenvalue weighted by atomic mass is 35.5. The van der Waals surface area contributed by atoms with E-state index in [1.807, 2.05) is 6.92 Å². The number of pyridine rings is 1. The van der Waals surface area contributed by atoms with Crippen LogP contribution in [-0.2, 0) is 10.0 Å². The molecular weight excluding hydrogens is 350 g/mol. The van der Waals surface area contributed by atoms with Gasteiger partial charge >= 0.3 is 0 Å². The Labute approximate surface area is 146 Å². The van der Waals surface area contributed by atoms with Crippen molar-refractivity contribution >= 4 is 33.3 Å². The standard InChI is InChI=1S/C16H18ClN3O3S/c1-3-11(2)20-24(22,23)14-7-4-12(5-8-14)16(21)19-15-9-6-13(17)10-18-15/h4-11,20H,3H2,1-2H3,(H,18,19,21). The summed E-state index contributed by atoms with van der Waals surface area (Å²) >= 11 is 5.73. The van der Waals surface area contributed by atoms with Crippen molar-refractivity contribution in [2.75, 3.05) is 5.32 Å². The average Bonchev–Trinajstić information content (AvgIpc) is 2.56. The van der Waals surface area contributed by atoms with Crippen LogP contribution in [0, 0.1) is 0 Å². The van der Waals surface area contributed by atoms with Gasteiger partial charge in [0.2, 0.25) is 10.0 Å². The molecule has 6 nitrogen and oxygen atoms in total. The molecule has 0 radical (unpaired) electrons. The lowest BCUT2D eigenvalue weighted by molar-refractivity contribution is 0.102. The Hall–Kier alpha value is -1.96. The number of benzene rings is 1. The zero-order valence-corrected chi connectivity index (χ0v) is 14.9. The van der Waals surface area contributed by atoms with Gasteiger partial charge in [-0.2, -0.15) is 0 Å². The molecule has 2 rings (SSSR count). The fraction of sp³-hybridized carbons (Fsp3) is 0.250. The molecule has 2 N–H and O–H groups in total. The first-order chi connectivity index (χ1) is 11.3. The molecule has 1 amide bonds. The topological polar surface area (TPSA) is 88.2 Å². The molecule has 1 atom stereocenters. The van der Waals surface area contributed by atoms with Crippen molar-refractivity contribution in [3.8, 4) is 0 Å². The molecule has 0 fully saturated rings. The summed E-state index contributed by atoms with van der Waals surface area (Å²) in [7, 11) is -3.59. The molecule has 1 aromatic heterocycles. The normalized spacial score (nSPS) is 12.6. The number of anilines is 1. The first kappa shape index (κ1) is 18.4. The number of aromatic nitrogens is 1. The molecule has 0 saturated carbocycles. The van der Waals surface area contributed by atoms with E-state index in [0.29, 0.717) is 22.8 Å². The minimum Gasteiger partial charge on any atom is -0.307 e. The van der Waals surface area contributed by atoms with Crippen LogP contribution in [0.1, 0.15) is 30.6 Å². The Bertz CT molecular complexity index is 805. The molecule has 0 spiro atoms. The zero-order chi connectivity index (χ0) is 17.7. The lowest BCUT2D eigenvalue weighted by atomic mass is 10.2. The smallest absolute Gasteiger partial charge is 0.256 e. The molecule has 2 aromatic rings. The maximum atomic E-state index is 12.2. The predicted molar refractivity (Wildman–Crippen MR) is 93.7 cm³/mol. The summed E-state index contributed by atoms with van der Waals surface area (Å²) in [6, 6.07) is 8.74. The van der Waals surface area contributed by atoms with Crippen LogP contribution < -0.4 is 10.0 Å². The summed E-state index contributed by atoms with van der Waals surface area (Å²) < 4.78 is 26.9. The molecule has 24 heavy (non-hydrogen) atoms. The van der Waals surface area contributed by atoms with Gasteiger partial charge in [-0.3, -0.25) is 4.79 Å². The summed E-state index contributed by atoms with van der Waals surface area (Å²) in [6.45, 7) is 3.68. The van der Waals surface area contributed by atoms with Gasteiger partial charge in [0.05, 0.1) is 9.92 Å². The number of hydrogen-bond acceptors (Lipinski definition) is 4. The number of carbonyl (C=O) groups is 1. The van der Waals surface area contributed by atoms with Crippen LogP contribution in [0.25, 0.3) is 0 Å². The quantitative estimate of drug-likeness (QED) is 0.821. The number of halogens is 1. The first-order valence-electron chi connectivity index (χ1n) is 7.37. The zero-order valence-electron chi connectivity index (χ0n) is 13.3. The number of sulfonamides is 1. The number of nitrogens with zero attached hydrogens (tertiary/aromatic N) is 1. The molecule has 0 aliphatic carbocycles. The number of amides is 1. The van der Waals surface area contributed by atoms with Gasteiger partial charge in [0.25, 0.3) is 5.91 Å². The maximum absolute atomic E-state index is 12.2. The van der Waals surface area contributed by atoms with E-state index in [-0.39, 0.29) is 16.8 Å². The minimum absolute atomic E-state index is 0.115. The molecular formula is C16H18ClN3O3S. The van der Waals surface area contributed by atoms with Crippen molar-refractivity contribution in [1.82, 2.24) is 9.71 Å². The maximum Gasteiger partial charge on any atom is 0.256 e. The molecule has 0 saturated heterocycles. The Morgan fingerprint density at radius 1 is 1.21 bits per heavy atom. The fourth-order valence-corrected chi connectivity index (χ4v) is 3.28. The van der Waals surface area contributed by atoms with Gasteiger partial charge in [-0.25, -0.2) is 18.1 Å². The highest BCUT2D eigenvalue weighted by Gasteiger charge is 2.17. The van der Waals surface area contributed by atoms with E-state index < -0.39 is 10.0 Å². The second-order valence-electron chi connectivity index (χ2n) is 5.27. The van der Waals surface area contributed by atoms with Crippen molar-refractivity contribution in [2.45, 2.75) is 31.2 Å². The van der Waals surface area contributed by atoms with E-state index in [1.165, 1.54) is 30.5 Å². The second-order valence-corrected chi connectivity index (χ2v) is 7.42. The first-order valence-corrected chi connectivity index (χ1v) is 9.23. The van der Waals surface area contributed by atoms with Crippen LogP contribution in [0.3, 0.4) is 0 Å². The van der Waals surface area contributed by atoms with Gasteiger partial charge in [0, 0.05) is 17.8 Å². The third-order valence-corrected chi connectivity index (χ3v) is 5.19. The molecule has 1 heterocycles. The molecule has 8 heteroatoms. The van der Waals surface area contributed by atoms with E-state index in [4.69, 9.17) is 11.6 Å². The molecule has 1 unspecified atom stereocenters. The van der Waals surface area contributed by atoms with Crippen LogP contribution in [0.2, 0.25) is 5.02 Å². The van der Waals surface area contributed by atoms with Gasteiger partial charge in [0.1, 0.15) is 5.82 Å². The Morgan fingerprint density at radius 3 is 2.42 bits per heavy atom. The van der Waals surface area contributed by atoms with Crippen molar-refractivity contribution in [3.05, 3.63) is 53.2 Å². The monoisotopic (exact) mass is 367 g/mol. The van der Waals surface area contributed by atoms with Crippen LogP contribution in [0.15, 0.2) is 47.5 Å². The highest BCUT2D eigenvalue weighted by molar-refractivity contribution is 7.89. The number of carbonyl (C=O) groups excluding carboxylic acids is 1. The van der Waals surface area contributed by atoms with Crippen molar-refractivity contribution < 1.29 is 13.2 Å². The minimum atomic E-state index is -3.59. The Balaban J connectivity index is 2.11. The van der Waals surface area contributed by atoms with E-state index in [0.717, 1.165) is 0 Å². The SMILES string of the molecule is CCC(C)NS(=O)(=O)c1ccc(C(=O)Nc2ccc(Cl)cn2)cc1. The lowest BCUT2D eigenvalue weighted by Crippen LogP contribution is -2.32. The summed E-state index contributed by atoms with van der Waals surface area (Å²) in [4.78, 5) is 16.2. The van der Waals surface area contributed by atoms with Crippen LogP contribution in [-0.4, -0.2) is 25.4 Å². The average molecular weight is 368 g/mol. The number of nitrogens with one attached hydrogen (secondary N) is 2. The van der Waals surface area contributed by atoms with Crippen molar-refractivity contribution in [1.29, 1.82) is 0 Å². The van der Waals surface area contributed by atoms with Crippen LogP contribution in [0.4, 0.5) is 5.82 Å². The van der Waals surface area contributed by atoms with Gasteiger partial charge in [0.15, 0.2) is 0 Å². The fourth-order valence-electron chi connectivity index (χ4n) is 1.84. The third-order valence-electron chi connectivity index (χ3n) is 3.36. The molecule has 0 aliphatic heterocycles. The van der Waals surface area contributed by atoms with Crippen LogP contribution >= 0.6 is 11.6 Å². The molecule has 0 bridgehead atoms. The predicted octanol–water partition coefficient (Wildman–Crippen LogP) is 3.06. The van der Waals surface area contributed by atoms with E-state index in [9.17, 15) is 13.2 Å². The van der Waals surface area contributed by atoms with Gasteiger partial charge in [-0.15, -0.1) is 0 Å². The van der Waals surface area contributed by atoms with Crippen molar-refractivity contribution in [2.24, 2.45) is 0 Å². The largest absolute Gasteiger partial charge is 0.307 e. The molecule has 1 aromatic carbocycles. The van der Waals surface area contributed by atoms with Gasteiger partial charge < -0.3 is 5.32 Å². The second kappa shape index (κ2) is 7.74. The Kier molecular flexibility index (Phi) is 5.93. The summed E-state index contributed by atoms with van der Waals surface area (Å²) in [5.74, 6) is -0.0248. The van der Waals surface area contributed by atoms with Gasteiger partial charge in [-0.1, -0.05) is 18.5 Å². The summed E-state index contributed by atoms with van der Waals surface area (Å²) in [5.41, 5.74) is 0.328. The third kappa shape index (κ3) is 4.77. The van der Waals surface area contributed by atoms with Crippen LogP contribution in [0.5, 0.6) is 0 Å². The lowest BCUT2D eigenvalue weighted by Gasteiger charge is -2.12. The van der Waals surface area contributed by atoms with E-state index in [1.54, 1.807) is 19.1 Å². The number of rotatable bonds is 6.